The zero-order valence-corrected chi connectivity index (χ0v) is 17.6. The van der Waals surface area contributed by atoms with Gasteiger partial charge in [0.15, 0.2) is 5.76 Å². The second-order valence-electron chi connectivity index (χ2n) is 6.84. The summed E-state index contributed by atoms with van der Waals surface area (Å²) >= 11 is 0. The SMILES string of the molecule is CCOC(=O)C1=C(O)/C(=C\c2cc(C)n(-c3ccccc3C(=O)OC)c2C)N=C1C. The van der Waals surface area contributed by atoms with Crippen LogP contribution in [0, 0.1) is 13.8 Å². The minimum Gasteiger partial charge on any atom is -0.505 e. The normalized spacial score (nSPS) is 14.8. The standard InChI is InChI=1S/C23H24N2O5/c1-6-30-23(28)20-14(3)24-18(21(20)26)12-16-11-13(2)25(15(16)4)19-10-8-7-9-17(19)22(27)29-5/h7-12,26H,6H2,1-5H3/b18-12+. The topological polar surface area (TPSA) is 90.1 Å². The Morgan fingerprint density at radius 1 is 1.17 bits per heavy atom. The fraction of sp³-hybridized carbons (Fsp3) is 0.261. The van der Waals surface area contributed by atoms with Gasteiger partial charge in [-0.25, -0.2) is 14.6 Å². The molecule has 1 aromatic heterocycles. The Labute approximate surface area is 175 Å². The van der Waals surface area contributed by atoms with Gasteiger partial charge in [0.05, 0.1) is 30.7 Å². The van der Waals surface area contributed by atoms with Crippen LogP contribution in [-0.4, -0.2) is 41.0 Å². The van der Waals surface area contributed by atoms with E-state index in [0.717, 1.165) is 17.0 Å². The fourth-order valence-corrected chi connectivity index (χ4v) is 3.54. The minimum atomic E-state index is -0.600. The zero-order valence-electron chi connectivity index (χ0n) is 17.6. The number of aliphatic hydroxyl groups excluding tert-OH is 1. The van der Waals surface area contributed by atoms with Gasteiger partial charge in [-0.1, -0.05) is 12.1 Å². The number of aromatic nitrogens is 1. The molecule has 0 spiro atoms. The molecule has 156 valence electrons. The number of para-hydroxylation sites is 1. The van der Waals surface area contributed by atoms with Crippen molar-refractivity contribution in [3.05, 3.63) is 69.9 Å². The van der Waals surface area contributed by atoms with Crippen LogP contribution in [0.25, 0.3) is 11.8 Å². The van der Waals surface area contributed by atoms with E-state index in [1.54, 1.807) is 32.1 Å². The molecule has 1 N–H and O–H groups in total. The van der Waals surface area contributed by atoms with Crippen molar-refractivity contribution in [1.82, 2.24) is 4.57 Å². The molecule has 0 saturated heterocycles. The summed E-state index contributed by atoms with van der Waals surface area (Å²) < 4.78 is 11.9. The van der Waals surface area contributed by atoms with E-state index in [2.05, 4.69) is 4.99 Å². The number of ether oxygens (including phenoxy) is 2. The van der Waals surface area contributed by atoms with E-state index < -0.39 is 11.9 Å². The van der Waals surface area contributed by atoms with Crippen LogP contribution < -0.4 is 0 Å². The van der Waals surface area contributed by atoms with E-state index in [4.69, 9.17) is 9.47 Å². The van der Waals surface area contributed by atoms with E-state index >= 15 is 0 Å². The smallest absolute Gasteiger partial charge is 0.343 e. The highest BCUT2D eigenvalue weighted by Gasteiger charge is 2.28. The van der Waals surface area contributed by atoms with Crippen LogP contribution in [0.3, 0.4) is 0 Å². The van der Waals surface area contributed by atoms with Crippen molar-refractivity contribution in [1.29, 1.82) is 0 Å². The number of hydrogen-bond acceptors (Lipinski definition) is 6. The van der Waals surface area contributed by atoms with Gasteiger partial charge in [-0.2, -0.15) is 0 Å². The lowest BCUT2D eigenvalue weighted by atomic mass is 10.1. The summed E-state index contributed by atoms with van der Waals surface area (Å²) in [6.07, 6.45) is 1.71. The van der Waals surface area contributed by atoms with Crippen LogP contribution >= 0.6 is 0 Å². The molecule has 0 fully saturated rings. The van der Waals surface area contributed by atoms with Gasteiger partial charge >= 0.3 is 11.9 Å². The first-order chi connectivity index (χ1) is 14.3. The van der Waals surface area contributed by atoms with Gasteiger partial charge in [0.25, 0.3) is 0 Å². The summed E-state index contributed by atoms with van der Waals surface area (Å²) in [7, 11) is 1.35. The molecule has 7 nitrogen and oxygen atoms in total. The molecular formula is C23H24N2O5. The Kier molecular flexibility index (Phi) is 5.91. The fourth-order valence-electron chi connectivity index (χ4n) is 3.54. The first-order valence-corrected chi connectivity index (χ1v) is 9.54. The molecule has 0 aliphatic carbocycles. The predicted octanol–water partition coefficient (Wildman–Crippen LogP) is 4.07. The number of rotatable bonds is 5. The first-order valence-electron chi connectivity index (χ1n) is 9.54. The van der Waals surface area contributed by atoms with E-state index in [9.17, 15) is 14.7 Å². The summed E-state index contributed by atoms with van der Waals surface area (Å²) in [5, 5.41) is 10.5. The number of hydrogen-bond donors (Lipinski definition) is 1. The largest absolute Gasteiger partial charge is 0.505 e. The monoisotopic (exact) mass is 408 g/mol. The van der Waals surface area contributed by atoms with E-state index in [0.29, 0.717) is 17.0 Å². The van der Waals surface area contributed by atoms with Crippen molar-refractivity contribution in [3.63, 3.8) is 0 Å². The lowest BCUT2D eigenvalue weighted by molar-refractivity contribution is -0.138. The highest BCUT2D eigenvalue weighted by atomic mass is 16.5. The summed E-state index contributed by atoms with van der Waals surface area (Å²) in [6, 6.07) is 9.11. The average Bonchev–Trinajstić information content (AvgIpc) is 3.15. The van der Waals surface area contributed by atoms with Crippen molar-refractivity contribution in [2.75, 3.05) is 13.7 Å². The molecule has 0 saturated carbocycles. The van der Waals surface area contributed by atoms with Crippen LogP contribution in [0.2, 0.25) is 0 Å². The van der Waals surface area contributed by atoms with Gasteiger partial charge in [0.2, 0.25) is 0 Å². The van der Waals surface area contributed by atoms with Crippen molar-refractivity contribution in [2.45, 2.75) is 27.7 Å². The molecule has 1 aromatic carbocycles. The molecule has 30 heavy (non-hydrogen) atoms. The van der Waals surface area contributed by atoms with Crippen LogP contribution in [0.15, 0.2) is 52.4 Å². The first kappa shape index (κ1) is 21.1. The molecule has 2 heterocycles. The number of esters is 2. The van der Waals surface area contributed by atoms with Crippen molar-refractivity contribution in [3.8, 4) is 5.69 Å². The van der Waals surface area contributed by atoms with Crippen molar-refractivity contribution >= 4 is 23.7 Å². The van der Waals surface area contributed by atoms with Gasteiger partial charge < -0.3 is 19.1 Å². The van der Waals surface area contributed by atoms with Gasteiger partial charge in [-0.05, 0) is 57.5 Å². The maximum atomic E-state index is 12.2. The Morgan fingerprint density at radius 3 is 2.53 bits per heavy atom. The maximum absolute atomic E-state index is 12.2. The van der Waals surface area contributed by atoms with Gasteiger partial charge in [0.1, 0.15) is 11.3 Å². The molecule has 2 aromatic rings. The lowest BCUT2D eigenvalue weighted by Gasteiger charge is -2.13. The van der Waals surface area contributed by atoms with Gasteiger partial charge in [-0.15, -0.1) is 0 Å². The van der Waals surface area contributed by atoms with Gasteiger partial charge in [-0.3, -0.25) is 0 Å². The molecule has 0 radical (unpaired) electrons. The third kappa shape index (κ3) is 3.66. The number of carbonyl (C=O) groups excluding carboxylic acids is 2. The molecule has 1 aliphatic rings. The number of carbonyl (C=O) groups is 2. The molecule has 1 aliphatic heterocycles. The van der Waals surface area contributed by atoms with E-state index in [-0.39, 0.29) is 23.6 Å². The van der Waals surface area contributed by atoms with Gasteiger partial charge in [0, 0.05) is 11.4 Å². The van der Waals surface area contributed by atoms with E-state index in [1.165, 1.54) is 7.11 Å². The zero-order chi connectivity index (χ0) is 22.0. The number of benzene rings is 1. The van der Waals surface area contributed by atoms with E-state index in [1.807, 2.05) is 36.6 Å². The number of nitrogens with zero attached hydrogens (tertiary/aromatic N) is 2. The van der Waals surface area contributed by atoms with Crippen LogP contribution in [-0.2, 0) is 14.3 Å². The predicted molar refractivity (Wildman–Crippen MR) is 114 cm³/mol. The molecule has 3 rings (SSSR count). The molecule has 0 unspecified atom stereocenters. The molecule has 0 amide bonds. The molecular weight excluding hydrogens is 384 g/mol. The third-order valence-corrected chi connectivity index (χ3v) is 4.92. The number of aliphatic hydroxyl groups is 1. The Balaban J connectivity index is 2.09. The number of aliphatic imine (C=N–C) groups is 1. The number of methoxy groups -OCH3 is 1. The van der Waals surface area contributed by atoms with Crippen molar-refractivity contribution < 1.29 is 24.2 Å². The summed E-state index contributed by atoms with van der Waals surface area (Å²) in [4.78, 5) is 28.6. The summed E-state index contributed by atoms with van der Waals surface area (Å²) in [5.74, 6) is -1.23. The lowest BCUT2D eigenvalue weighted by Crippen LogP contribution is -2.13. The second-order valence-corrected chi connectivity index (χ2v) is 6.84. The minimum absolute atomic E-state index is 0.0768. The summed E-state index contributed by atoms with van der Waals surface area (Å²) in [6.45, 7) is 7.40. The van der Waals surface area contributed by atoms with Crippen LogP contribution in [0.4, 0.5) is 0 Å². The summed E-state index contributed by atoms with van der Waals surface area (Å²) in [5.41, 5.74) is 4.46. The average molecular weight is 408 g/mol. The maximum Gasteiger partial charge on any atom is 0.343 e. The Morgan fingerprint density at radius 2 is 1.87 bits per heavy atom. The molecule has 7 heteroatoms. The quantitative estimate of drug-likeness (QED) is 0.753. The highest BCUT2D eigenvalue weighted by Crippen LogP contribution is 2.30. The van der Waals surface area contributed by atoms with Crippen LogP contribution in [0.5, 0.6) is 0 Å². The molecule has 0 atom stereocenters. The van der Waals surface area contributed by atoms with Crippen LogP contribution in [0.1, 0.15) is 41.2 Å². The Hall–Kier alpha value is -3.61. The highest BCUT2D eigenvalue weighted by molar-refractivity contribution is 6.22. The molecule has 0 bridgehead atoms. The van der Waals surface area contributed by atoms with Crippen molar-refractivity contribution in [2.24, 2.45) is 4.99 Å². The third-order valence-electron chi connectivity index (χ3n) is 4.92. The number of aryl methyl sites for hydroxylation is 1. The Bertz CT molecular complexity index is 1120. The second kappa shape index (κ2) is 8.41.